The minimum absolute atomic E-state index is 0.0979. The first-order valence-electron chi connectivity index (χ1n) is 8.07. The van der Waals surface area contributed by atoms with Gasteiger partial charge in [0.05, 0.1) is 5.56 Å². The van der Waals surface area contributed by atoms with Crippen LogP contribution in [0.4, 0.5) is 4.79 Å². The molecule has 24 heavy (non-hydrogen) atoms. The molecule has 1 heterocycles. The van der Waals surface area contributed by atoms with Crippen molar-refractivity contribution in [3.05, 3.63) is 35.4 Å². The van der Waals surface area contributed by atoms with Crippen LogP contribution in [-0.4, -0.2) is 53.1 Å². The maximum atomic E-state index is 12.7. The van der Waals surface area contributed by atoms with Gasteiger partial charge in [-0.05, 0) is 39.8 Å². The highest BCUT2D eigenvalue weighted by Crippen LogP contribution is 2.18. The highest BCUT2D eigenvalue weighted by Gasteiger charge is 2.33. The Morgan fingerprint density at radius 1 is 1.25 bits per heavy atom. The minimum Gasteiger partial charge on any atom is -0.444 e. The van der Waals surface area contributed by atoms with Gasteiger partial charge in [0.1, 0.15) is 5.60 Å². The molecule has 1 aromatic carbocycles. The molecule has 0 spiro atoms. The predicted octanol–water partition coefficient (Wildman–Crippen LogP) is 2.75. The summed E-state index contributed by atoms with van der Waals surface area (Å²) in [7, 11) is 0. The summed E-state index contributed by atoms with van der Waals surface area (Å²) >= 11 is 0. The van der Waals surface area contributed by atoms with E-state index >= 15 is 0 Å². The Hall–Kier alpha value is -2.48. The lowest BCUT2D eigenvalue weighted by atomic mass is 10.1. The third kappa shape index (κ3) is 4.08. The number of hydrogen-bond acceptors (Lipinski definition) is 3. The molecule has 0 bridgehead atoms. The maximum Gasteiger partial charge on any atom is 0.410 e. The predicted molar refractivity (Wildman–Crippen MR) is 92.7 cm³/mol. The molecule has 0 saturated carbocycles. The van der Waals surface area contributed by atoms with Gasteiger partial charge in [-0.1, -0.05) is 18.1 Å². The molecule has 0 unspecified atom stereocenters. The van der Waals surface area contributed by atoms with Gasteiger partial charge in [-0.3, -0.25) is 4.79 Å². The van der Waals surface area contributed by atoms with E-state index < -0.39 is 5.60 Å². The Kier molecular flexibility index (Phi) is 5.18. The van der Waals surface area contributed by atoms with Crippen LogP contribution in [0.5, 0.6) is 0 Å². The molecule has 1 aliphatic rings. The smallest absolute Gasteiger partial charge is 0.410 e. The van der Waals surface area contributed by atoms with Crippen LogP contribution in [0.15, 0.2) is 24.3 Å². The minimum atomic E-state index is -0.532. The number of rotatable bonds is 1. The summed E-state index contributed by atoms with van der Waals surface area (Å²) in [5.41, 5.74) is 0.581. The van der Waals surface area contributed by atoms with Crippen molar-refractivity contribution in [3.63, 3.8) is 0 Å². The molecule has 2 amide bonds. The molecule has 1 fully saturated rings. The second-order valence-electron chi connectivity index (χ2n) is 6.96. The number of hydrogen-bond donors (Lipinski definition) is 0. The number of piperazine rings is 1. The fourth-order valence-corrected chi connectivity index (χ4v) is 2.70. The summed E-state index contributed by atoms with van der Waals surface area (Å²) in [5, 5.41) is 0. The summed E-state index contributed by atoms with van der Waals surface area (Å²) in [6, 6.07) is 7.00. The number of nitrogens with zero attached hydrogens (tertiary/aromatic N) is 2. The fraction of sp³-hybridized carbons (Fsp3) is 0.474. The number of benzene rings is 1. The average Bonchev–Trinajstić information content (AvgIpc) is 2.52. The zero-order valence-corrected chi connectivity index (χ0v) is 14.7. The van der Waals surface area contributed by atoms with E-state index in [0.717, 1.165) is 0 Å². The van der Waals surface area contributed by atoms with Crippen molar-refractivity contribution in [1.82, 2.24) is 9.80 Å². The zero-order valence-electron chi connectivity index (χ0n) is 14.7. The zero-order chi connectivity index (χ0) is 17.9. The van der Waals surface area contributed by atoms with Crippen molar-refractivity contribution in [1.29, 1.82) is 0 Å². The number of amides is 2. The number of carbonyl (C=O) groups excluding carboxylic acids is 2. The Morgan fingerprint density at radius 3 is 2.50 bits per heavy atom. The molecule has 0 aliphatic carbocycles. The molecule has 128 valence electrons. The van der Waals surface area contributed by atoms with E-state index in [2.05, 4.69) is 5.92 Å². The van der Waals surface area contributed by atoms with Gasteiger partial charge in [0.15, 0.2) is 0 Å². The van der Waals surface area contributed by atoms with E-state index in [1.54, 1.807) is 28.0 Å². The fourth-order valence-electron chi connectivity index (χ4n) is 2.70. The van der Waals surface area contributed by atoms with Crippen LogP contribution in [0.25, 0.3) is 0 Å². The molecule has 1 aromatic rings. The van der Waals surface area contributed by atoms with Crippen molar-refractivity contribution >= 4 is 12.0 Å². The lowest BCUT2D eigenvalue weighted by molar-refractivity contribution is 0.00198. The lowest BCUT2D eigenvalue weighted by Gasteiger charge is -2.40. The van der Waals surface area contributed by atoms with Crippen molar-refractivity contribution < 1.29 is 14.3 Å². The van der Waals surface area contributed by atoms with Crippen molar-refractivity contribution in [2.24, 2.45) is 0 Å². The van der Waals surface area contributed by atoms with Gasteiger partial charge in [-0.2, -0.15) is 0 Å². The summed E-state index contributed by atoms with van der Waals surface area (Å²) in [6.07, 6.45) is 5.13. The number of ether oxygens (including phenoxy) is 1. The quantitative estimate of drug-likeness (QED) is 0.745. The van der Waals surface area contributed by atoms with E-state index in [0.29, 0.717) is 30.8 Å². The van der Waals surface area contributed by atoms with Crippen LogP contribution in [0.1, 0.15) is 43.6 Å². The van der Waals surface area contributed by atoms with Crippen LogP contribution in [0.2, 0.25) is 0 Å². The lowest BCUT2D eigenvalue weighted by Crippen LogP contribution is -2.56. The Balaban J connectivity index is 2.07. The SMILES string of the molecule is C#Cc1ccccc1C(=O)N1CCN(C(=O)OC(C)(C)C)[C@@H](C)C1. The second-order valence-corrected chi connectivity index (χ2v) is 6.96. The van der Waals surface area contributed by atoms with E-state index in [9.17, 15) is 9.59 Å². The van der Waals surface area contributed by atoms with Gasteiger partial charge in [0, 0.05) is 31.2 Å². The molecule has 5 nitrogen and oxygen atoms in total. The molecule has 2 rings (SSSR count). The highest BCUT2D eigenvalue weighted by molar-refractivity contribution is 5.96. The molecule has 5 heteroatoms. The topological polar surface area (TPSA) is 49.9 Å². The summed E-state index contributed by atoms with van der Waals surface area (Å²) in [6.45, 7) is 8.79. The van der Waals surface area contributed by atoms with Gasteiger partial charge in [0.25, 0.3) is 5.91 Å². The van der Waals surface area contributed by atoms with Crippen molar-refractivity contribution in [3.8, 4) is 12.3 Å². The number of carbonyl (C=O) groups is 2. The molecule has 0 aromatic heterocycles. The van der Waals surface area contributed by atoms with Gasteiger partial charge in [-0.15, -0.1) is 6.42 Å². The van der Waals surface area contributed by atoms with Crippen molar-refractivity contribution in [2.45, 2.75) is 39.3 Å². The largest absolute Gasteiger partial charge is 0.444 e. The first kappa shape index (κ1) is 17.9. The molecular weight excluding hydrogens is 304 g/mol. The molecule has 0 radical (unpaired) electrons. The van der Waals surface area contributed by atoms with E-state index in [4.69, 9.17) is 11.2 Å². The Morgan fingerprint density at radius 2 is 1.92 bits per heavy atom. The highest BCUT2D eigenvalue weighted by atomic mass is 16.6. The molecule has 1 atom stereocenters. The Labute approximate surface area is 143 Å². The van der Waals surface area contributed by atoms with Crippen LogP contribution in [0.3, 0.4) is 0 Å². The standard InChI is InChI=1S/C19H24N2O3/c1-6-15-9-7-8-10-16(15)17(22)20-11-12-21(14(2)13-20)18(23)24-19(3,4)5/h1,7-10,14H,11-13H2,2-5H3/t14-/m0/s1. The normalized spacial score (nSPS) is 18.0. The third-order valence-corrected chi connectivity index (χ3v) is 3.86. The average molecular weight is 328 g/mol. The molecule has 1 saturated heterocycles. The molecular formula is C19H24N2O3. The van der Waals surface area contributed by atoms with Crippen LogP contribution < -0.4 is 0 Å². The first-order chi connectivity index (χ1) is 11.2. The monoisotopic (exact) mass is 328 g/mol. The molecule has 1 aliphatic heterocycles. The second kappa shape index (κ2) is 6.96. The van der Waals surface area contributed by atoms with Gasteiger partial charge >= 0.3 is 6.09 Å². The van der Waals surface area contributed by atoms with Gasteiger partial charge < -0.3 is 14.5 Å². The maximum absolute atomic E-state index is 12.7. The van der Waals surface area contributed by atoms with Crippen molar-refractivity contribution in [2.75, 3.05) is 19.6 Å². The van der Waals surface area contributed by atoms with Gasteiger partial charge in [-0.25, -0.2) is 4.79 Å². The Bertz CT molecular complexity index is 670. The van der Waals surface area contributed by atoms with Crippen LogP contribution in [-0.2, 0) is 4.74 Å². The van der Waals surface area contributed by atoms with Crippen LogP contribution in [0, 0.1) is 12.3 Å². The van der Waals surface area contributed by atoms with E-state index in [-0.39, 0.29) is 18.0 Å². The summed E-state index contributed by atoms with van der Waals surface area (Å²) < 4.78 is 5.42. The third-order valence-electron chi connectivity index (χ3n) is 3.86. The van der Waals surface area contributed by atoms with E-state index in [1.165, 1.54) is 0 Å². The van der Waals surface area contributed by atoms with Crippen LogP contribution >= 0.6 is 0 Å². The van der Waals surface area contributed by atoms with E-state index in [1.807, 2.05) is 33.8 Å². The first-order valence-corrected chi connectivity index (χ1v) is 8.07. The van der Waals surface area contributed by atoms with Gasteiger partial charge in [0.2, 0.25) is 0 Å². The summed E-state index contributed by atoms with van der Waals surface area (Å²) in [5.74, 6) is 2.45. The number of terminal acetylenes is 1. The summed E-state index contributed by atoms with van der Waals surface area (Å²) in [4.78, 5) is 28.4. The molecule has 0 N–H and O–H groups in total.